The zero-order valence-corrected chi connectivity index (χ0v) is 13.9. The Balaban J connectivity index is 2.98. The molecule has 0 amide bonds. The van der Waals surface area contributed by atoms with E-state index in [0.29, 0.717) is 11.7 Å². The maximum atomic E-state index is 10.7. The predicted molar refractivity (Wildman–Crippen MR) is 81.4 cm³/mol. The van der Waals surface area contributed by atoms with Crippen LogP contribution in [0.5, 0.6) is 0 Å². The standard InChI is InChI=1S/C13H24N4O2S/c1-7-17-11(16(6)9(2)13(3,4)5)14-15-12(17)20-8-10(18)19/h9H,7-8H2,1-6H3,(H,18,19). The summed E-state index contributed by atoms with van der Waals surface area (Å²) in [6.07, 6.45) is 0. The summed E-state index contributed by atoms with van der Waals surface area (Å²) in [5, 5.41) is 17.8. The smallest absolute Gasteiger partial charge is 0.313 e. The summed E-state index contributed by atoms with van der Waals surface area (Å²) in [6.45, 7) is 11.4. The number of aromatic nitrogens is 3. The molecule has 0 aliphatic rings. The molecule has 0 spiro atoms. The average molecular weight is 300 g/mol. The Hall–Kier alpha value is -1.24. The summed E-state index contributed by atoms with van der Waals surface area (Å²) >= 11 is 1.20. The van der Waals surface area contributed by atoms with Crippen LogP contribution in [0.2, 0.25) is 0 Å². The molecule has 0 aliphatic carbocycles. The number of rotatable bonds is 6. The van der Waals surface area contributed by atoms with Crippen molar-refractivity contribution in [3.05, 3.63) is 0 Å². The number of carboxylic acid groups (broad SMARTS) is 1. The lowest BCUT2D eigenvalue weighted by Gasteiger charge is -2.35. The van der Waals surface area contributed by atoms with E-state index in [1.54, 1.807) is 0 Å². The van der Waals surface area contributed by atoms with E-state index in [1.807, 2.05) is 18.5 Å². The van der Waals surface area contributed by atoms with E-state index in [-0.39, 0.29) is 17.2 Å². The highest BCUT2D eigenvalue weighted by molar-refractivity contribution is 7.99. The lowest BCUT2D eigenvalue weighted by Crippen LogP contribution is -2.40. The first-order valence-electron chi connectivity index (χ1n) is 6.69. The number of hydrogen-bond donors (Lipinski definition) is 1. The Morgan fingerprint density at radius 3 is 2.50 bits per heavy atom. The van der Waals surface area contributed by atoms with Crippen molar-refractivity contribution in [2.24, 2.45) is 5.41 Å². The molecule has 1 aromatic heterocycles. The highest BCUT2D eigenvalue weighted by Crippen LogP contribution is 2.28. The van der Waals surface area contributed by atoms with Gasteiger partial charge in [0, 0.05) is 19.6 Å². The van der Waals surface area contributed by atoms with Gasteiger partial charge in [0.25, 0.3) is 0 Å². The fourth-order valence-electron chi connectivity index (χ4n) is 1.81. The van der Waals surface area contributed by atoms with Gasteiger partial charge in [-0.25, -0.2) is 0 Å². The number of anilines is 1. The number of carboxylic acids is 1. The Morgan fingerprint density at radius 1 is 1.45 bits per heavy atom. The largest absolute Gasteiger partial charge is 0.481 e. The molecule has 0 aromatic carbocycles. The molecule has 1 N–H and O–H groups in total. The van der Waals surface area contributed by atoms with Crippen molar-refractivity contribution in [1.29, 1.82) is 0 Å². The highest BCUT2D eigenvalue weighted by Gasteiger charge is 2.27. The maximum Gasteiger partial charge on any atom is 0.313 e. The SMILES string of the molecule is CCn1c(SCC(=O)O)nnc1N(C)C(C)C(C)(C)C. The van der Waals surface area contributed by atoms with Crippen molar-refractivity contribution in [2.45, 2.75) is 52.4 Å². The Labute approximate surface area is 124 Å². The van der Waals surface area contributed by atoms with E-state index in [1.165, 1.54) is 11.8 Å². The van der Waals surface area contributed by atoms with Gasteiger partial charge in [-0.15, -0.1) is 10.2 Å². The molecule has 0 radical (unpaired) electrons. The lowest BCUT2D eigenvalue weighted by molar-refractivity contribution is -0.133. The summed E-state index contributed by atoms with van der Waals surface area (Å²) < 4.78 is 1.95. The van der Waals surface area contributed by atoms with Crippen LogP contribution in [0.1, 0.15) is 34.6 Å². The molecule has 1 unspecified atom stereocenters. The normalized spacial score (nSPS) is 13.3. The summed E-state index contributed by atoms with van der Waals surface area (Å²) in [5.41, 5.74) is 0.119. The number of nitrogens with zero attached hydrogens (tertiary/aromatic N) is 4. The fourth-order valence-corrected chi connectivity index (χ4v) is 2.52. The van der Waals surface area contributed by atoms with E-state index >= 15 is 0 Å². The summed E-state index contributed by atoms with van der Waals surface area (Å²) in [5.74, 6) is -0.0714. The van der Waals surface area contributed by atoms with Crippen LogP contribution in [-0.4, -0.2) is 44.7 Å². The molecule has 0 aliphatic heterocycles. The third-order valence-electron chi connectivity index (χ3n) is 3.49. The molecule has 1 heterocycles. The quantitative estimate of drug-likeness (QED) is 0.813. The van der Waals surface area contributed by atoms with E-state index < -0.39 is 5.97 Å². The highest BCUT2D eigenvalue weighted by atomic mass is 32.2. The molecule has 1 atom stereocenters. The summed E-state index contributed by atoms with van der Waals surface area (Å²) in [4.78, 5) is 12.8. The van der Waals surface area contributed by atoms with E-state index in [0.717, 1.165) is 5.95 Å². The molecular weight excluding hydrogens is 276 g/mol. The molecule has 0 bridgehead atoms. The minimum Gasteiger partial charge on any atom is -0.481 e. The van der Waals surface area contributed by atoms with Gasteiger partial charge in [0.1, 0.15) is 0 Å². The van der Waals surface area contributed by atoms with Crippen molar-refractivity contribution < 1.29 is 9.90 Å². The Kier molecular flexibility index (Phi) is 5.44. The van der Waals surface area contributed by atoms with Gasteiger partial charge in [-0.2, -0.15) is 0 Å². The molecule has 1 rings (SSSR count). The van der Waals surface area contributed by atoms with Crippen molar-refractivity contribution in [2.75, 3.05) is 17.7 Å². The van der Waals surface area contributed by atoms with Gasteiger partial charge in [0.15, 0.2) is 5.16 Å². The van der Waals surface area contributed by atoms with Crippen molar-refractivity contribution >= 4 is 23.7 Å². The van der Waals surface area contributed by atoms with Gasteiger partial charge in [-0.05, 0) is 19.3 Å². The molecule has 0 saturated heterocycles. The minimum atomic E-state index is -0.849. The van der Waals surface area contributed by atoms with Crippen LogP contribution in [0.4, 0.5) is 5.95 Å². The van der Waals surface area contributed by atoms with Gasteiger partial charge in [0.2, 0.25) is 5.95 Å². The second-order valence-corrected chi connectivity index (χ2v) is 6.80. The molecular formula is C13H24N4O2S. The Morgan fingerprint density at radius 2 is 2.05 bits per heavy atom. The second kappa shape index (κ2) is 6.47. The van der Waals surface area contributed by atoms with Crippen LogP contribution >= 0.6 is 11.8 Å². The van der Waals surface area contributed by atoms with E-state index in [4.69, 9.17) is 5.11 Å². The van der Waals surface area contributed by atoms with Gasteiger partial charge in [-0.1, -0.05) is 32.5 Å². The van der Waals surface area contributed by atoms with Crippen molar-refractivity contribution in [3.63, 3.8) is 0 Å². The number of aliphatic carboxylic acids is 1. The third kappa shape index (κ3) is 3.88. The van der Waals surface area contributed by atoms with Crippen LogP contribution < -0.4 is 4.90 Å². The van der Waals surface area contributed by atoms with E-state index in [9.17, 15) is 4.79 Å². The van der Waals surface area contributed by atoms with Crippen LogP contribution in [0.25, 0.3) is 0 Å². The summed E-state index contributed by atoms with van der Waals surface area (Å²) in [6, 6.07) is 0.286. The first-order chi connectivity index (χ1) is 9.18. The van der Waals surface area contributed by atoms with Crippen molar-refractivity contribution in [1.82, 2.24) is 14.8 Å². The number of carbonyl (C=O) groups is 1. The van der Waals surface area contributed by atoms with Gasteiger partial charge in [-0.3, -0.25) is 9.36 Å². The monoisotopic (exact) mass is 300 g/mol. The van der Waals surface area contributed by atoms with Gasteiger partial charge in [0.05, 0.1) is 5.75 Å². The zero-order chi connectivity index (χ0) is 15.5. The van der Waals surface area contributed by atoms with Gasteiger partial charge < -0.3 is 10.0 Å². The Bertz CT molecular complexity index is 467. The predicted octanol–water partition coefficient (Wildman–Crippen LogP) is 2.35. The average Bonchev–Trinajstić information content (AvgIpc) is 2.76. The molecule has 0 saturated carbocycles. The molecule has 114 valence electrons. The van der Waals surface area contributed by atoms with Crippen LogP contribution in [0.3, 0.4) is 0 Å². The molecule has 6 nitrogen and oxygen atoms in total. The second-order valence-electron chi connectivity index (χ2n) is 5.86. The van der Waals surface area contributed by atoms with E-state index in [2.05, 4.69) is 42.8 Å². The first kappa shape index (κ1) is 16.8. The summed E-state index contributed by atoms with van der Waals surface area (Å²) in [7, 11) is 2.00. The fraction of sp³-hybridized carbons (Fsp3) is 0.769. The zero-order valence-electron chi connectivity index (χ0n) is 13.0. The first-order valence-corrected chi connectivity index (χ1v) is 7.67. The third-order valence-corrected chi connectivity index (χ3v) is 4.44. The molecule has 7 heteroatoms. The van der Waals surface area contributed by atoms with Crippen LogP contribution in [-0.2, 0) is 11.3 Å². The van der Waals surface area contributed by atoms with Gasteiger partial charge >= 0.3 is 5.97 Å². The van der Waals surface area contributed by atoms with Crippen LogP contribution in [0.15, 0.2) is 5.16 Å². The number of hydrogen-bond acceptors (Lipinski definition) is 5. The minimum absolute atomic E-state index is 0.00330. The van der Waals surface area contributed by atoms with Crippen LogP contribution in [0, 0.1) is 5.41 Å². The molecule has 1 aromatic rings. The number of thioether (sulfide) groups is 1. The topological polar surface area (TPSA) is 71.2 Å². The maximum absolute atomic E-state index is 10.7. The molecule has 20 heavy (non-hydrogen) atoms. The molecule has 0 fully saturated rings. The lowest BCUT2D eigenvalue weighted by atomic mass is 9.87. The van der Waals surface area contributed by atoms with Crippen molar-refractivity contribution in [3.8, 4) is 0 Å².